The minimum absolute atomic E-state index is 0.164. The summed E-state index contributed by atoms with van der Waals surface area (Å²) < 4.78 is 0. The number of rotatable bonds is 8. The molecule has 0 radical (unpaired) electrons. The van der Waals surface area contributed by atoms with Crippen LogP contribution >= 0.6 is 11.3 Å². The van der Waals surface area contributed by atoms with Gasteiger partial charge in [0.15, 0.2) is 5.13 Å². The largest absolute Gasteiger partial charge is 0.481 e. The molecule has 1 unspecified atom stereocenters. The quantitative estimate of drug-likeness (QED) is 0.683. The topological polar surface area (TPSA) is 105 Å². The van der Waals surface area contributed by atoms with E-state index in [1.54, 1.807) is 6.92 Å². The molecule has 1 aromatic heterocycles. The molecule has 1 atom stereocenters. The fourth-order valence-electron chi connectivity index (χ4n) is 2.20. The van der Waals surface area contributed by atoms with Crippen molar-refractivity contribution in [2.45, 2.75) is 40.0 Å². The zero-order valence-corrected chi connectivity index (χ0v) is 13.5. The van der Waals surface area contributed by atoms with Gasteiger partial charge < -0.3 is 16.2 Å². The molecule has 21 heavy (non-hydrogen) atoms. The number of carboxylic acids is 1. The number of aryl methyl sites for hydroxylation is 1. The summed E-state index contributed by atoms with van der Waals surface area (Å²) in [7, 11) is 0. The van der Waals surface area contributed by atoms with Crippen LogP contribution in [0.3, 0.4) is 0 Å². The van der Waals surface area contributed by atoms with Crippen LogP contribution in [-0.4, -0.2) is 28.5 Å². The van der Waals surface area contributed by atoms with Gasteiger partial charge in [-0.15, -0.1) is 0 Å². The van der Waals surface area contributed by atoms with Crippen LogP contribution in [0.5, 0.6) is 0 Å². The van der Waals surface area contributed by atoms with E-state index in [0.29, 0.717) is 34.6 Å². The molecule has 1 rings (SSSR count). The van der Waals surface area contributed by atoms with Gasteiger partial charge in [-0.25, -0.2) is 4.98 Å². The molecule has 0 aliphatic heterocycles. The van der Waals surface area contributed by atoms with Crippen molar-refractivity contribution in [3.63, 3.8) is 0 Å². The molecule has 0 aliphatic carbocycles. The third-order valence-electron chi connectivity index (χ3n) is 3.49. The van der Waals surface area contributed by atoms with E-state index < -0.39 is 5.97 Å². The van der Waals surface area contributed by atoms with Crippen molar-refractivity contribution in [2.24, 2.45) is 11.8 Å². The van der Waals surface area contributed by atoms with Gasteiger partial charge in [0.2, 0.25) is 0 Å². The van der Waals surface area contributed by atoms with Gasteiger partial charge in [0.05, 0.1) is 5.69 Å². The first-order chi connectivity index (χ1) is 9.81. The predicted octanol–water partition coefficient (Wildman–Crippen LogP) is 2.29. The molecule has 0 saturated heterocycles. The number of nitrogens with two attached hydrogens (primary N) is 1. The molecule has 7 heteroatoms. The van der Waals surface area contributed by atoms with Gasteiger partial charge in [-0.2, -0.15) is 0 Å². The number of aliphatic carboxylic acids is 1. The molecule has 1 heterocycles. The van der Waals surface area contributed by atoms with Gasteiger partial charge in [-0.3, -0.25) is 9.59 Å². The summed E-state index contributed by atoms with van der Waals surface area (Å²) in [4.78, 5) is 27.2. The smallest absolute Gasteiger partial charge is 0.303 e. The Balaban J connectivity index is 2.44. The molecule has 0 aromatic carbocycles. The van der Waals surface area contributed by atoms with Crippen LogP contribution in [0.15, 0.2) is 0 Å². The first-order valence-corrected chi connectivity index (χ1v) is 7.85. The molecule has 1 amide bonds. The van der Waals surface area contributed by atoms with Crippen molar-refractivity contribution in [1.29, 1.82) is 0 Å². The van der Waals surface area contributed by atoms with Crippen LogP contribution in [0, 0.1) is 18.8 Å². The minimum Gasteiger partial charge on any atom is -0.481 e. The van der Waals surface area contributed by atoms with Crippen molar-refractivity contribution >= 4 is 28.3 Å². The maximum atomic E-state index is 12.0. The van der Waals surface area contributed by atoms with E-state index in [4.69, 9.17) is 10.8 Å². The van der Waals surface area contributed by atoms with Gasteiger partial charge >= 0.3 is 5.97 Å². The lowest BCUT2D eigenvalue weighted by Crippen LogP contribution is -2.27. The highest BCUT2D eigenvalue weighted by molar-refractivity contribution is 7.17. The summed E-state index contributed by atoms with van der Waals surface area (Å²) in [5, 5.41) is 12.0. The van der Waals surface area contributed by atoms with Crippen molar-refractivity contribution in [1.82, 2.24) is 10.3 Å². The first kappa shape index (κ1) is 17.4. The Morgan fingerprint density at radius 3 is 2.52 bits per heavy atom. The van der Waals surface area contributed by atoms with Crippen LogP contribution in [0.2, 0.25) is 0 Å². The zero-order valence-electron chi connectivity index (χ0n) is 12.7. The highest BCUT2D eigenvalue weighted by Gasteiger charge is 2.17. The second kappa shape index (κ2) is 7.97. The average Bonchev–Trinajstić information content (AvgIpc) is 2.71. The van der Waals surface area contributed by atoms with Gasteiger partial charge in [-0.05, 0) is 31.6 Å². The third-order valence-corrected chi connectivity index (χ3v) is 4.48. The fourth-order valence-corrected chi connectivity index (χ4v) is 2.95. The first-order valence-electron chi connectivity index (χ1n) is 7.04. The number of hydrogen-bond donors (Lipinski definition) is 3. The molecule has 6 nitrogen and oxygen atoms in total. The maximum Gasteiger partial charge on any atom is 0.303 e. The van der Waals surface area contributed by atoms with Crippen LogP contribution in [0.1, 0.15) is 48.5 Å². The number of nitrogens with zero attached hydrogens (tertiary/aromatic N) is 1. The number of carboxylic acid groups (broad SMARTS) is 1. The molecule has 0 fully saturated rings. The van der Waals surface area contributed by atoms with Gasteiger partial charge in [0, 0.05) is 13.0 Å². The van der Waals surface area contributed by atoms with Crippen molar-refractivity contribution < 1.29 is 14.7 Å². The van der Waals surface area contributed by atoms with Gasteiger partial charge in [0.25, 0.3) is 5.91 Å². The Hall–Kier alpha value is -1.63. The highest BCUT2D eigenvalue weighted by Crippen LogP contribution is 2.21. The molecule has 0 spiro atoms. The summed E-state index contributed by atoms with van der Waals surface area (Å²) in [6, 6.07) is 0. The molecule has 1 aromatic rings. The molecular weight excluding hydrogens is 290 g/mol. The lowest BCUT2D eigenvalue weighted by molar-refractivity contribution is -0.137. The number of carbonyl (C=O) groups excluding carboxylic acids is 1. The monoisotopic (exact) mass is 313 g/mol. The number of nitrogens with one attached hydrogen (secondary N) is 1. The van der Waals surface area contributed by atoms with Crippen molar-refractivity contribution in [3.8, 4) is 0 Å². The number of aromatic nitrogens is 1. The molecular formula is C14H23N3O3S. The standard InChI is InChI=1S/C14H23N3O3S/c1-8(2)10(4-5-11(18)19)6-7-16-13(20)12-9(3)17-14(15)21-12/h8,10H,4-7H2,1-3H3,(H2,15,17)(H,16,20)(H,18,19). The van der Waals surface area contributed by atoms with Gasteiger partial charge in [0.1, 0.15) is 4.88 Å². The molecule has 4 N–H and O–H groups in total. The van der Waals surface area contributed by atoms with Gasteiger partial charge in [-0.1, -0.05) is 25.2 Å². The van der Waals surface area contributed by atoms with Crippen LogP contribution in [-0.2, 0) is 4.79 Å². The number of nitrogen functional groups attached to an aromatic ring is 1. The second-order valence-corrected chi connectivity index (χ2v) is 6.48. The Labute approximate surface area is 128 Å². The van der Waals surface area contributed by atoms with E-state index in [1.165, 1.54) is 11.3 Å². The number of thiazole rings is 1. The van der Waals surface area contributed by atoms with E-state index in [2.05, 4.69) is 24.1 Å². The summed E-state index contributed by atoms with van der Waals surface area (Å²) in [6.45, 7) is 6.43. The predicted molar refractivity (Wildman–Crippen MR) is 83.4 cm³/mol. The lowest BCUT2D eigenvalue weighted by atomic mass is 9.88. The Bertz CT molecular complexity index is 500. The SMILES string of the molecule is Cc1nc(N)sc1C(=O)NCCC(CCC(=O)O)C(C)C. The maximum absolute atomic E-state index is 12.0. The minimum atomic E-state index is -0.777. The van der Waals surface area contributed by atoms with E-state index >= 15 is 0 Å². The second-order valence-electron chi connectivity index (χ2n) is 5.45. The van der Waals surface area contributed by atoms with Crippen molar-refractivity contribution in [3.05, 3.63) is 10.6 Å². The Kier molecular flexibility index (Phi) is 6.61. The molecule has 0 bridgehead atoms. The molecule has 0 saturated carbocycles. The molecule has 118 valence electrons. The zero-order chi connectivity index (χ0) is 16.0. The van der Waals surface area contributed by atoms with Crippen molar-refractivity contribution in [2.75, 3.05) is 12.3 Å². The van der Waals surface area contributed by atoms with E-state index in [1.807, 2.05) is 0 Å². The summed E-state index contributed by atoms with van der Waals surface area (Å²) in [5.74, 6) is -0.265. The highest BCUT2D eigenvalue weighted by atomic mass is 32.1. The molecule has 0 aliphatic rings. The number of anilines is 1. The Morgan fingerprint density at radius 1 is 1.38 bits per heavy atom. The summed E-state index contributed by atoms with van der Waals surface area (Å²) in [6.07, 6.45) is 1.57. The Morgan fingerprint density at radius 2 is 2.05 bits per heavy atom. The van der Waals surface area contributed by atoms with E-state index in [-0.39, 0.29) is 18.2 Å². The third kappa shape index (κ3) is 5.71. The number of hydrogen-bond acceptors (Lipinski definition) is 5. The fraction of sp³-hybridized carbons (Fsp3) is 0.643. The summed E-state index contributed by atoms with van der Waals surface area (Å²) >= 11 is 1.18. The normalized spacial score (nSPS) is 12.4. The average molecular weight is 313 g/mol. The van der Waals surface area contributed by atoms with E-state index in [9.17, 15) is 9.59 Å². The van der Waals surface area contributed by atoms with Crippen LogP contribution < -0.4 is 11.1 Å². The van der Waals surface area contributed by atoms with Crippen LogP contribution in [0.25, 0.3) is 0 Å². The lowest BCUT2D eigenvalue weighted by Gasteiger charge is -2.20. The number of amides is 1. The van der Waals surface area contributed by atoms with E-state index in [0.717, 1.165) is 6.42 Å². The van der Waals surface area contributed by atoms with Crippen LogP contribution in [0.4, 0.5) is 5.13 Å². The number of carbonyl (C=O) groups is 2. The summed E-state index contributed by atoms with van der Waals surface area (Å²) in [5.41, 5.74) is 6.21.